The first kappa shape index (κ1) is 16.4. The van der Waals surface area contributed by atoms with Gasteiger partial charge in [0, 0.05) is 19.1 Å². The second-order valence-corrected chi connectivity index (χ2v) is 4.70. The van der Waals surface area contributed by atoms with E-state index in [1.165, 1.54) is 25.7 Å². The van der Waals surface area contributed by atoms with Crippen LogP contribution in [0.15, 0.2) is 0 Å². The summed E-state index contributed by atoms with van der Waals surface area (Å²) in [6.07, 6.45) is 9.44. The van der Waals surface area contributed by atoms with Gasteiger partial charge >= 0.3 is 0 Å². The number of rotatable bonds is 11. The fourth-order valence-electron chi connectivity index (χ4n) is 1.90. The molecule has 102 valence electrons. The molecule has 0 saturated heterocycles. The Bertz CT molecular complexity index is 183. The number of carbonyl (C=O) groups excluding carboxylic acids is 1. The monoisotopic (exact) mass is 243 g/mol. The van der Waals surface area contributed by atoms with Crippen LogP contribution in [0.4, 0.5) is 0 Å². The van der Waals surface area contributed by atoms with E-state index in [1.807, 2.05) is 6.92 Å². The van der Waals surface area contributed by atoms with Gasteiger partial charge in [-0.25, -0.2) is 0 Å². The van der Waals surface area contributed by atoms with E-state index in [0.717, 1.165) is 19.3 Å². The molecule has 1 atom stereocenters. The second kappa shape index (κ2) is 11.9. The molecule has 17 heavy (non-hydrogen) atoms. The highest BCUT2D eigenvalue weighted by atomic mass is 16.3. The standard InChI is InChI=1S/C14H29NO2/c1-3-5-6-7-8-9-10-14(17)15-13(4-2)11-12-16/h13,16H,3-12H2,1-2H3,(H,15,17). The number of aliphatic hydroxyl groups excluding tert-OH is 1. The zero-order chi connectivity index (χ0) is 12.9. The number of unbranched alkanes of at least 4 members (excludes halogenated alkanes) is 5. The summed E-state index contributed by atoms with van der Waals surface area (Å²) in [7, 11) is 0. The molecule has 2 N–H and O–H groups in total. The van der Waals surface area contributed by atoms with Crippen molar-refractivity contribution in [3.05, 3.63) is 0 Å². The quantitative estimate of drug-likeness (QED) is 0.548. The van der Waals surface area contributed by atoms with Gasteiger partial charge < -0.3 is 10.4 Å². The highest BCUT2D eigenvalue weighted by molar-refractivity contribution is 5.76. The number of nitrogens with one attached hydrogen (secondary N) is 1. The molecule has 0 aromatic rings. The lowest BCUT2D eigenvalue weighted by atomic mass is 10.1. The number of hydrogen-bond donors (Lipinski definition) is 2. The van der Waals surface area contributed by atoms with Crippen LogP contribution >= 0.6 is 0 Å². The molecule has 1 unspecified atom stereocenters. The summed E-state index contributed by atoms with van der Waals surface area (Å²) in [6.45, 7) is 4.39. The first-order valence-electron chi connectivity index (χ1n) is 7.14. The molecule has 0 aliphatic carbocycles. The lowest BCUT2D eigenvalue weighted by molar-refractivity contribution is -0.122. The van der Waals surface area contributed by atoms with Crippen LogP contribution in [-0.2, 0) is 4.79 Å². The zero-order valence-corrected chi connectivity index (χ0v) is 11.5. The zero-order valence-electron chi connectivity index (χ0n) is 11.5. The molecule has 0 heterocycles. The van der Waals surface area contributed by atoms with Crippen molar-refractivity contribution in [1.29, 1.82) is 0 Å². The predicted molar refractivity (Wildman–Crippen MR) is 71.9 cm³/mol. The van der Waals surface area contributed by atoms with E-state index in [4.69, 9.17) is 5.11 Å². The molecule has 0 aromatic carbocycles. The predicted octanol–water partition coefficient (Wildman–Crippen LogP) is 3.01. The fraction of sp³-hybridized carbons (Fsp3) is 0.929. The molecule has 0 aliphatic rings. The Morgan fingerprint density at radius 3 is 2.35 bits per heavy atom. The Morgan fingerprint density at radius 1 is 1.12 bits per heavy atom. The van der Waals surface area contributed by atoms with E-state index in [9.17, 15) is 4.79 Å². The van der Waals surface area contributed by atoms with Gasteiger partial charge in [0.2, 0.25) is 5.91 Å². The van der Waals surface area contributed by atoms with Crippen molar-refractivity contribution < 1.29 is 9.90 Å². The molecule has 1 amide bonds. The summed E-state index contributed by atoms with van der Waals surface area (Å²) in [5, 5.41) is 11.8. The maximum Gasteiger partial charge on any atom is 0.220 e. The largest absolute Gasteiger partial charge is 0.396 e. The van der Waals surface area contributed by atoms with Crippen LogP contribution in [-0.4, -0.2) is 23.7 Å². The third kappa shape index (κ3) is 10.3. The van der Waals surface area contributed by atoms with Crippen molar-refractivity contribution in [1.82, 2.24) is 5.32 Å². The lowest BCUT2D eigenvalue weighted by Gasteiger charge is -2.15. The average molecular weight is 243 g/mol. The Hall–Kier alpha value is -0.570. The molecule has 0 bridgehead atoms. The van der Waals surface area contributed by atoms with Crippen LogP contribution < -0.4 is 5.32 Å². The van der Waals surface area contributed by atoms with Crippen molar-refractivity contribution in [2.24, 2.45) is 0 Å². The third-order valence-corrected chi connectivity index (χ3v) is 3.09. The van der Waals surface area contributed by atoms with Gasteiger partial charge in [-0.2, -0.15) is 0 Å². The molecule has 0 saturated carbocycles. The van der Waals surface area contributed by atoms with Crippen LogP contribution in [0.2, 0.25) is 0 Å². The average Bonchev–Trinajstić information content (AvgIpc) is 2.33. The van der Waals surface area contributed by atoms with Crippen molar-refractivity contribution in [3.8, 4) is 0 Å². The van der Waals surface area contributed by atoms with Crippen LogP contribution in [0, 0.1) is 0 Å². The first-order valence-corrected chi connectivity index (χ1v) is 7.14. The topological polar surface area (TPSA) is 49.3 Å². The Morgan fingerprint density at radius 2 is 1.76 bits per heavy atom. The third-order valence-electron chi connectivity index (χ3n) is 3.09. The van der Waals surface area contributed by atoms with Gasteiger partial charge in [-0.1, -0.05) is 46.0 Å². The minimum Gasteiger partial charge on any atom is -0.396 e. The molecule has 0 radical (unpaired) electrons. The molecular weight excluding hydrogens is 214 g/mol. The van der Waals surface area contributed by atoms with E-state index >= 15 is 0 Å². The van der Waals surface area contributed by atoms with Crippen LogP contribution in [0.25, 0.3) is 0 Å². The van der Waals surface area contributed by atoms with Crippen molar-refractivity contribution in [2.75, 3.05) is 6.61 Å². The van der Waals surface area contributed by atoms with Crippen molar-refractivity contribution >= 4 is 5.91 Å². The van der Waals surface area contributed by atoms with Crippen LogP contribution in [0.3, 0.4) is 0 Å². The van der Waals surface area contributed by atoms with Crippen LogP contribution in [0.1, 0.15) is 71.6 Å². The Kier molecular flexibility index (Phi) is 11.5. The van der Waals surface area contributed by atoms with Crippen molar-refractivity contribution in [2.45, 2.75) is 77.7 Å². The number of carbonyl (C=O) groups is 1. The number of hydrogen-bond acceptors (Lipinski definition) is 2. The molecule has 3 nitrogen and oxygen atoms in total. The second-order valence-electron chi connectivity index (χ2n) is 4.70. The SMILES string of the molecule is CCCCCCCCC(=O)NC(CC)CCO. The maximum absolute atomic E-state index is 11.6. The lowest BCUT2D eigenvalue weighted by Crippen LogP contribution is -2.34. The van der Waals surface area contributed by atoms with E-state index in [1.54, 1.807) is 0 Å². The summed E-state index contributed by atoms with van der Waals surface area (Å²) < 4.78 is 0. The summed E-state index contributed by atoms with van der Waals surface area (Å²) in [4.78, 5) is 11.6. The first-order chi connectivity index (χ1) is 8.24. The van der Waals surface area contributed by atoms with Gasteiger partial charge in [-0.15, -0.1) is 0 Å². The van der Waals surface area contributed by atoms with Crippen LogP contribution in [0.5, 0.6) is 0 Å². The van der Waals surface area contributed by atoms with Gasteiger partial charge in [0.25, 0.3) is 0 Å². The van der Waals surface area contributed by atoms with Crippen molar-refractivity contribution in [3.63, 3.8) is 0 Å². The van der Waals surface area contributed by atoms with Gasteiger partial charge in [-0.05, 0) is 19.3 Å². The highest BCUT2D eigenvalue weighted by Crippen LogP contribution is 2.07. The van der Waals surface area contributed by atoms with Gasteiger partial charge in [0.15, 0.2) is 0 Å². The summed E-state index contributed by atoms with van der Waals surface area (Å²) >= 11 is 0. The maximum atomic E-state index is 11.6. The Balaban J connectivity index is 3.44. The molecule has 0 fully saturated rings. The van der Waals surface area contributed by atoms with E-state index in [0.29, 0.717) is 12.8 Å². The normalized spacial score (nSPS) is 12.4. The number of amides is 1. The molecular formula is C14H29NO2. The summed E-state index contributed by atoms with van der Waals surface area (Å²) in [5.41, 5.74) is 0. The smallest absolute Gasteiger partial charge is 0.220 e. The Labute approximate surface area is 106 Å². The number of aliphatic hydroxyl groups is 1. The molecule has 0 aromatic heterocycles. The minimum absolute atomic E-state index is 0.140. The minimum atomic E-state index is 0.140. The molecule has 3 heteroatoms. The summed E-state index contributed by atoms with van der Waals surface area (Å²) in [6, 6.07) is 0.146. The van der Waals surface area contributed by atoms with Gasteiger partial charge in [0.1, 0.15) is 0 Å². The fourth-order valence-corrected chi connectivity index (χ4v) is 1.90. The molecule has 0 spiro atoms. The molecule has 0 rings (SSSR count). The van der Waals surface area contributed by atoms with Gasteiger partial charge in [0.05, 0.1) is 0 Å². The van der Waals surface area contributed by atoms with E-state index in [-0.39, 0.29) is 18.6 Å². The van der Waals surface area contributed by atoms with E-state index < -0.39 is 0 Å². The highest BCUT2D eigenvalue weighted by Gasteiger charge is 2.08. The summed E-state index contributed by atoms with van der Waals surface area (Å²) in [5.74, 6) is 0.140. The van der Waals surface area contributed by atoms with E-state index in [2.05, 4.69) is 12.2 Å². The molecule has 0 aliphatic heterocycles. The van der Waals surface area contributed by atoms with Gasteiger partial charge in [-0.3, -0.25) is 4.79 Å².